The van der Waals surface area contributed by atoms with Crippen molar-refractivity contribution in [1.29, 1.82) is 0 Å². The van der Waals surface area contributed by atoms with E-state index in [0.717, 1.165) is 13.0 Å². The first-order chi connectivity index (χ1) is 13.4. The Bertz CT molecular complexity index is 656. The van der Waals surface area contributed by atoms with Crippen molar-refractivity contribution >= 4 is 11.8 Å². The molecule has 1 saturated heterocycles. The molecule has 8 heteroatoms. The highest BCUT2D eigenvalue weighted by Crippen LogP contribution is 2.22. The van der Waals surface area contributed by atoms with E-state index in [0.29, 0.717) is 19.4 Å². The highest BCUT2D eigenvalue weighted by Gasteiger charge is 2.33. The summed E-state index contributed by atoms with van der Waals surface area (Å²) in [5.74, 6) is -1.22. The number of nitrogens with zero attached hydrogens (tertiary/aromatic N) is 1. The largest absolute Gasteiger partial charge is 0.394 e. The molecule has 3 atom stereocenters. The number of carbonyl (C=O) groups is 2. The Morgan fingerprint density at radius 3 is 2.71 bits per heavy atom. The SMILES string of the molecule is CN(C)CCCNC(=O)C[C@H]1CC[C@H](NC(=O)c2ccccc2F)[C@@H](CO)O1. The van der Waals surface area contributed by atoms with Gasteiger partial charge in [-0.2, -0.15) is 0 Å². The first-order valence-electron chi connectivity index (χ1n) is 9.63. The molecule has 2 rings (SSSR count). The predicted molar refractivity (Wildman–Crippen MR) is 103 cm³/mol. The van der Waals surface area contributed by atoms with E-state index in [-0.39, 0.29) is 30.6 Å². The van der Waals surface area contributed by atoms with Crippen LogP contribution >= 0.6 is 0 Å². The monoisotopic (exact) mass is 395 g/mol. The fourth-order valence-electron chi connectivity index (χ4n) is 3.24. The lowest BCUT2D eigenvalue weighted by Crippen LogP contribution is -2.51. The summed E-state index contributed by atoms with van der Waals surface area (Å²) in [4.78, 5) is 26.4. The number of benzene rings is 1. The van der Waals surface area contributed by atoms with Crippen LogP contribution in [0.5, 0.6) is 0 Å². The number of hydrogen-bond donors (Lipinski definition) is 3. The molecule has 2 amide bonds. The molecule has 1 aliphatic rings. The van der Waals surface area contributed by atoms with E-state index in [1.54, 1.807) is 6.07 Å². The van der Waals surface area contributed by atoms with Crippen LogP contribution in [-0.2, 0) is 9.53 Å². The second-order valence-corrected chi connectivity index (χ2v) is 7.33. The molecule has 3 N–H and O–H groups in total. The van der Waals surface area contributed by atoms with Gasteiger partial charge in [-0.25, -0.2) is 4.39 Å². The highest BCUT2D eigenvalue weighted by molar-refractivity contribution is 5.94. The molecule has 1 aromatic rings. The van der Waals surface area contributed by atoms with E-state index < -0.39 is 23.9 Å². The van der Waals surface area contributed by atoms with E-state index in [2.05, 4.69) is 15.5 Å². The number of carbonyl (C=O) groups excluding carboxylic acids is 2. The van der Waals surface area contributed by atoms with Crippen molar-refractivity contribution in [3.8, 4) is 0 Å². The zero-order chi connectivity index (χ0) is 20.5. The fourth-order valence-corrected chi connectivity index (χ4v) is 3.24. The third kappa shape index (κ3) is 6.85. The van der Waals surface area contributed by atoms with Crippen LogP contribution in [0.4, 0.5) is 4.39 Å². The molecule has 28 heavy (non-hydrogen) atoms. The molecule has 156 valence electrons. The van der Waals surface area contributed by atoms with Gasteiger partial charge in [-0.1, -0.05) is 12.1 Å². The second kappa shape index (κ2) is 11.1. The molecule has 1 aromatic carbocycles. The lowest BCUT2D eigenvalue weighted by Gasteiger charge is -2.36. The molecular formula is C20H30FN3O4. The Labute approximate surface area is 165 Å². The number of rotatable bonds is 9. The standard InChI is InChI=1S/C20H30FN3O4/c1-24(2)11-5-10-22-19(26)12-14-8-9-17(18(13-25)28-14)23-20(27)15-6-3-4-7-16(15)21/h3-4,6-7,14,17-18,25H,5,8-13H2,1-2H3,(H,22,26)(H,23,27)/t14-,17+,18-/m1/s1. The third-order valence-electron chi connectivity index (χ3n) is 4.75. The van der Waals surface area contributed by atoms with Gasteiger partial charge in [0.25, 0.3) is 5.91 Å². The van der Waals surface area contributed by atoms with Crippen LogP contribution in [0.25, 0.3) is 0 Å². The molecule has 1 fully saturated rings. The molecule has 0 radical (unpaired) electrons. The minimum atomic E-state index is -0.629. The van der Waals surface area contributed by atoms with Gasteiger partial charge in [0.2, 0.25) is 5.91 Å². The van der Waals surface area contributed by atoms with Gasteiger partial charge in [0.15, 0.2) is 0 Å². The van der Waals surface area contributed by atoms with E-state index in [1.807, 2.05) is 14.1 Å². The van der Waals surface area contributed by atoms with Crippen molar-refractivity contribution < 1.29 is 23.8 Å². The number of nitrogens with one attached hydrogen (secondary N) is 2. The van der Waals surface area contributed by atoms with Crippen molar-refractivity contribution in [2.75, 3.05) is 33.8 Å². The van der Waals surface area contributed by atoms with Gasteiger partial charge in [0.1, 0.15) is 11.9 Å². The van der Waals surface area contributed by atoms with Crippen LogP contribution < -0.4 is 10.6 Å². The van der Waals surface area contributed by atoms with Crippen LogP contribution in [0.1, 0.15) is 36.0 Å². The molecule has 0 aliphatic carbocycles. The number of halogens is 1. The van der Waals surface area contributed by atoms with Crippen LogP contribution in [0, 0.1) is 5.82 Å². The summed E-state index contributed by atoms with van der Waals surface area (Å²) in [6.07, 6.45) is 1.26. The summed E-state index contributed by atoms with van der Waals surface area (Å²) in [7, 11) is 3.96. The van der Waals surface area contributed by atoms with E-state index in [1.165, 1.54) is 18.2 Å². The molecule has 0 bridgehead atoms. The van der Waals surface area contributed by atoms with Gasteiger partial charge < -0.3 is 25.4 Å². The maximum atomic E-state index is 13.8. The minimum Gasteiger partial charge on any atom is -0.394 e. The van der Waals surface area contributed by atoms with E-state index in [4.69, 9.17) is 4.74 Å². The second-order valence-electron chi connectivity index (χ2n) is 7.33. The van der Waals surface area contributed by atoms with Crippen molar-refractivity contribution in [2.24, 2.45) is 0 Å². The quantitative estimate of drug-likeness (QED) is 0.541. The van der Waals surface area contributed by atoms with Gasteiger partial charge in [-0.05, 0) is 52.0 Å². The third-order valence-corrected chi connectivity index (χ3v) is 4.75. The summed E-state index contributed by atoms with van der Waals surface area (Å²) in [6.45, 7) is 1.22. The van der Waals surface area contributed by atoms with Crippen molar-refractivity contribution in [3.63, 3.8) is 0 Å². The van der Waals surface area contributed by atoms with Crippen molar-refractivity contribution in [3.05, 3.63) is 35.6 Å². The topological polar surface area (TPSA) is 90.9 Å². The maximum absolute atomic E-state index is 13.8. The first kappa shape index (κ1) is 22.3. The van der Waals surface area contributed by atoms with Crippen LogP contribution in [0.15, 0.2) is 24.3 Å². The summed E-state index contributed by atoms with van der Waals surface area (Å²) in [5.41, 5.74) is -0.0431. The Morgan fingerprint density at radius 1 is 1.29 bits per heavy atom. The Balaban J connectivity index is 1.80. The lowest BCUT2D eigenvalue weighted by molar-refractivity contribution is -0.130. The molecule has 1 heterocycles. The summed E-state index contributed by atoms with van der Waals surface area (Å²) < 4.78 is 19.6. The summed E-state index contributed by atoms with van der Waals surface area (Å²) in [6, 6.07) is 5.31. The Hall–Kier alpha value is -2.03. The van der Waals surface area contributed by atoms with Crippen LogP contribution in [0.2, 0.25) is 0 Å². The van der Waals surface area contributed by atoms with E-state index in [9.17, 15) is 19.1 Å². The van der Waals surface area contributed by atoms with Gasteiger partial charge in [-0.3, -0.25) is 9.59 Å². The summed E-state index contributed by atoms with van der Waals surface area (Å²) in [5, 5.41) is 15.2. The van der Waals surface area contributed by atoms with Gasteiger partial charge in [-0.15, -0.1) is 0 Å². The molecule has 0 saturated carbocycles. The zero-order valence-corrected chi connectivity index (χ0v) is 16.5. The molecule has 0 unspecified atom stereocenters. The first-order valence-corrected chi connectivity index (χ1v) is 9.63. The van der Waals surface area contributed by atoms with Gasteiger partial charge in [0, 0.05) is 6.54 Å². The molecular weight excluding hydrogens is 365 g/mol. The smallest absolute Gasteiger partial charge is 0.254 e. The predicted octanol–water partition coefficient (Wildman–Crippen LogP) is 0.922. The van der Waals surface area contributed by atoms with Crippen molar-refractivity contribution in [1.82, 2.24) is 15.5 Å². The van der Waals surface area contributed by atoms with Crippen molar-refractivity contribution in [2.45, 2.75) is 43.9 Å². The minimum absolute atomic E-state index is 0.0431. The molecule has 0 spiro atoms. The Morgan fingerprint density at radius 2 is 2.04 bits per heavy atom. The average molecular weight is 395 g/mol. The van der Waals surface area contributed by atoms with E-state index >= 15 is 0 Å². The number of aliphatic hydroxyl groups is 1. The van der Waals surface area contributed by atoms with Crippen LogP contribution in [-0.4, -0.2) is 73.9 Å². The van der Waals surface area contributed by atoms with Gasteiger partial charge in [0.05, 0.1) is 30.7 Å². The van der Waals surface area contributed by atoms with Gasteiger partial charge >= 0.3 is 0 Å². The molecule has 1 aliphatic heterocycles. The lowest BCUT2D eigenvalue weighted by atomic mass is 9.96. The highest BCUT2D eigenvalue weighted by atomic mass is 19.1. The number of aliphatic hydroxyl groups excluding tert-OH is 1. The number of ether oxygens (including phenoxy) is 1. The number of hydrogen-bond acceptors (Lipinski definition) is 5. The fraction of sp³-hybridized carbons (Fsp3) is 0.600. The zero-order valence-electron chi connectivity index (χ0n) is 16.5. The van der Waals surface area contributed by atoms with Crippen LogP contribution in [0.3, 0.4) is 0 Å². The number of amides is 2. The maximum Gasteiger partial charge on any atom is 0.254 e. The average Bonchev–Trinajstić information content (AvgIpc) is 2.66. The Kier molecular flexibility index (Phi) is 8.82. The molecule has 0 aromatic heterocycles. The molecule has 7 nitrogen and oxygen atoms in total. The summed E-state index contributed by atoms with van der Waals surface area (Å²) >= 11 is 0. The normalized spacial score (nSPS) is 22.1.